The Hall–Kier alpha value is -2.76. The van der Waals surface area contributed by atoms with E-state index in [4.69, 9.17) is 19.8 Å². The molecule has 4 atom stereocenters. The van der Waals surface area contributed by atoms with Crippen molar-refractivity contribution in [2.75, 3.05) is 6.61 Å². The highest BCUT2D eigenvalue weighted by Crippen LogP contribution is 2.25. The van der Waals surface area contributed by atoms with Gasteiger partial charge in [0.05, 0.1) is 18.2 Å². The van der Waals surface area contributed by atoms with Crippen LogP contribution in [0.15, 0.2) is 48.5 Å². The van der Waals surface area contributed by atoms with Gasteiger partial charge in [-0.05, 0) is 48.5 Å². The minimum atomic E-state index is -1.29. The van der Waals surface area contributed by atoms with Crippen LogP contribution >= 0.6 is 0 Å². The third-order valence-corrected chi connectivity index (χ3v) is 4.14. The number of nitriles is 1. The lowest BCUT2D eigenvalue weighted by atomic mass is 10.0. The SMILES string of the molecule is N#Cc1ccc(C(=O)c2ccc(O[C@@H]3O[C@H](CO)[C@@H](O)[C@@H]3O)cc2)cc1. The van der Waals surface area contributed by atoms with Crippen molar-refractivity contribution in [3.05, 3.63) is 65.2 Å². The zero-order chi connectivity index (χ0) is 18.7. The monoisotopic (exact) mass is 355 g/mol. The second kappa shape index (κ2) is 7.64. The predicted molar refractivity (Wildman–Crippen MR) is 89.4 cm³/mol. The fourth-order valence-electron chi connectivity index (χ4n) is 2.64. The van der Waals surface area contributed by atoms with Gasteiger partial charge in [0.25, 0.3) is 0 Å². The summed E-state index contributed by atoms with van der Waals surface area (Å²) in [6.45, 7) is -0.434. The summed E-state index contributed by atoms with van der Waals surface area (Å²) in [4.78, 5) is 12.4. The number of ether oxygens (including phenoxy) is 2. The van der Waals surface area contributed by atoms with E-state index >= 15 is 0 Å². The van der Waals surface area contributed by atoms with Crippen molar-refractivity contribution in [2.24, 2.45) is 0 Å². The Kier molecular flexibility index (Phi) is 5.30. The molecule has 1 fully saturated rings. The van der Waals surface area contributed by atoms with Crippen molar-refractivity contribution in [1.29, 1.82) is 5.26 Å². The topological polar surface area (TPSA) is 120 Å². The Balaban J connectivity index is 1.68. The molecule has 2 aromatic carbocycles. The molecule has 0 bridgehead atoms. The van der Waals surface area contributed by atoms with Gasteiger partial charge in [-0.1, -0.05) is 0 Å². The van der Waals surface area contributed by atoms with Crippen LogP contribution in [0.2, 0.25) is 0 Å². The first-order chi connectivity index (χ1) is 12.5. The Bertz CT molecular complexity index is 811. The van der Waals surface area contributed by atoms with Gasteiger partial charge in [-0.3, -0.25) is 4.79 Å². The number of carbonyl (C=O) groups is 1. The van der Waals surface area contributed by atoms with Gasteiger partial charge < -0.3 is 24.8 Å². The van der Waals surface area contributed by atoms with Crippen LogP contribution in [-0.4, -0.2) is 52.3 Å². The summed E-state index contributed by atoms with van der Waals surface area (Å²) >= 11 is 0. The van der Waals surface area contributed by atoms with E-state index in [0.29, 0.717) is 22.4 Å². The molecule has 0 amide bonds. The number of rotatable bonds is 5. The summed E-state index contributed by atoms with van der Waals surface area (Å²) in [5.74, 6) is 0.144. The second-order valence-electron chi connectivity index (χ2n) is 5.87. The number of aliphatic hydroxyl groups excluding tert-OH is 3. The number of hydrogen-bond acceptors (Lipinski definition) is 7. The number of ketones is 1. The van der Waals surface area contributed by atoms with Crippen LogP contribution in [0.5, 0.6) is 5.75 Å². The molecule has 3 N–H and O–H groups in total. The van der Waals surface area contributed by atoms with Gasteiger partial charge >= 0.3 is 0 Å². The molecule has 7 nitrogen and oxygen atoms in total. The van der Waals surface area contributed by atoms with Gasteiger partial charge in [-0.25, -0.2) is 0 Å². The van der Waals surface area contributed by atoms with E-state index in [2.05, 4.69) is 0 Å². The maximum absolute atomic E-state index is 12.4. The van der Waals surface area contributed by atoms with E-state index in [-0.39, 0.29) is 5.78 Å². The Morgan fingerprint density at radius 1 is 1.04 bits per heavy atom. The third kappa shape index (κ3) is 3.59. The fourth-order valence-corrected chi connectivity index (χ4v) is 2.64. The molecule has 7 heteroatoms. The summed E-state index contributed by atoms with van der Waals surface area (Å²) in [5, 5.41) is 37.4. The summed E-state index contributed by atoms with van der Waals surface area (Å²) < 4.78 is 10.7. The Morgan fingerprint density at radius 2 is 1.62 bits per heavy atom. The first-order valence-electron chi connectivity index (χ1n) is 7.97. The quantitative estimate of drug-likeness (QED) is 0.672. The molecule has 0 saturated carbocycles. The molecule has 1 aliphatic heterocycles. The molecule has 134 valence electrons. The largest absolute Gasteiger partial charge is 0.462 e. The maximum Gasteiger partial charge on any atom is 0.229 e. The van der Waals surface area contributed by atoms with Crippen LogP contribution in [-0.2, 0) is 4.74 Å². The molecule has 0 unspecified atom stereocenters. The molecular weight excluding hydrogens is 338 g/mol. The molecule has 0 radical (unpaired) electrons. The number of benzene rings is 2. The highest BCUT2D eigenvalue weighted by Gasteiger charge is 2.43. The van der Waals surface area contributed by atoms with Crippen LogP contribution in [0.4, 0.5) is 0 Å². The minimum absolute atomic E-state index is 0.200. The van der Waals surface area contributed by atoms with E-state index in [9.17, 15) is 15.0 Å². The number of aliphatic hydroxyl groups is 3. The molecule has 3 rings (SSSR count). The zero-order valence-electron chi connectivity index (χ0n) is 13.6. The summed E-state index contributed by atoms with van der Waals surface area (Å²) in [5.41, 5.74) is 1.37. The zero-order valence-corrected chi connectivity index (χ0v) is 13.6. The van der Waals surface area contributed by atoms with Crippen LogP contribution in [0.3, 0.4) is 0 Å². The lowest BCUT2D eigenvalue weighted by Crippen LogP contribution is -2.35. The summed E-state index contributed by atoms with van der Waals surface area (Å²) in [7, 11) is 0. The van der Waals surface area contributed by atoms with Crippen molar-refractivity contribution >= 4 is 5.78 Å². The van der Waals surface area contributed by atoms with E-state index in [0.717, 1.165) is 0 Å². The highest BCUT2D eigenvalue weighted by molar-refractivity contribution is 6.09. The molecule has 1 saturated heterocycles. The standard InChI is InChI=1S/C19H17NO6/c20-9-11-1-3-12(4-2-11)16(22)13-5-7-14(8-6-13)25-19-18(24)17(23)15(10-21)26-19/h1-8,15,17-19,21,23-24H,10H2/t15-,17-,18+,19-/m1/s1. The van der Waals surface area contributed by atoms with E-state index in [1.807, 2.05) is 6.07 Å². The number of carbonyl (C=O) groups excluding carboxylic acids is 1. The van der Waals surface area contributed by atoms with E-state index < -0.39 is 31.2 Å². The fraction of sp³-hybridized carbons (Fsp3) is 0.263. The molecule has 1 heterocycles. The van der Waals surface area contributed by atoms with Crippen molar-refractivity contribution in [3.63, 3.8) is 0 Å². The Morgan fingerprint density at radius 3 is 2.12 bits per heavy atom. The maximum atomic E-state index is 12.4. The first-order valence-corrected chi connectivity index (χ1v) is 7.97. The van der Waals surface area contributed by atoms with E-state index in [1.54, 1.807) is 48.5 Å². The lowest BCUT2D eigenvalue weighted by molar-refractivity contribution is -0.116. The normalized spacial score (nSPS) is 24.8. The Labute approximate surface area is 149 Å². The van der Waals surface area contributed by atoms with Gasteiger partial charge in [0, 0.05) is 11.1 Å². The van der Waals surface area contributed by atoms with Crippen molar-refractivity contribution < 1.29 is 29.6 Å². The summed E-state index contributed by atoms with van der Waals surface area (Å²) in [6, 6.07) is 14.5. The van der Waals surface area contributed by atoms with Gasteiger partial charge in [0.15, 0.2) is 5.78 Å². The van der Waals surface area contributed by atoms with Crippen LogP contribution in [0.25, 0.3) is 0 Å². The average Bonchev–Trinajstić information content (AvgIpc) is 2.96. The second-order valence-corrected chi connectivity index (χ2v) is 5.87. The van der Waals surface area contributed by atoms with Crippen molar-refractivity contribution in [2.45, 2.75) is 24.6 Å². The van der Waals surface area contributed by atoms with Gasteiger partial charge in [-0.15, -0.1) is 0 Å². The summed E-state index contributed by atoms with van der Waals surface area (Å²) in [6.07, 6.45) is -4.54. The lowest BCUT2D eigenvalue weighted by Gasteiger charge is -2.16. The van der Waals surface area contributed by atoms with Crippen LogP contribution in [0.1, 0.15) is 21.5 Å². The van der Waals surface area contributed by atoms with Gasteiger partial charge in [0.1, 0.15) is 24.1 Å². The minimum Gasteiger partial charge on any atom is -0.462 e. The van der Waals surface area contributed by atoms with Gasteiger partial charge in [0.2, 0.25) is 6.29 Å². The van der Waals surface area contributed by atoms with Gasteiger partial charge in [-0.2, -0.15) is 5.26 Å². The molecule has 26 heavy (non-hydrogen) atoms. The molecule has 2 aromatic rings. The average molecular weight is 355 g/mol. The molecule has 0 aliphatic carbocycles. The van der Waals surface area contributed by atoms with Crippen LogP contribution in [0, 0.1) is 11.3 Å². The van der Waals surface area contributed by atoms with Crippen LogP contribution < -0.4 is 4.74 Å². The highest BCUT2D eigenvalue weighted by atomic mass is 16.7. The molecular formula is C19H17NO6. The van der Waals surface area contributed by atoms with Crippen molar-refractivity contribution in [1.82, 2.24) is 0 Å². The third-order valence-electron chi connectivity index (χ3n) is 4.14. The number of hydrogen-bond donors (Lipinski definition) is 3. The smallest absolute Gasteiger partial charge is 0.229 e. The predicted octanol–water partition coefficient (Wildman–Crippen LogP) is 0.607. The molecule has 1 aliphatic rings. The van der Waals surface area contributed by atoms with E-state index in [1.165, 1.54) is 0 Å². The number of nitrogens with zero attached hydrogens (tertiary/aromatic N) is 1. The molecule has 0 aromatic heterocycles. The molecule has 0 spiro atoms. The van der Waals surface area contributed by atoms with Crippen molar-refractivity contribution in [3.8, 4) is 11.8 Å². The first kappa shape index (κ1) is 18.0.